The van der Waals surface area contributed by atoms with Gasteiger partial charge in [-0.15, -0.1) is 24.0 Å². The number of aromatic nitrogens is 1. The zero-order valence-corrected chi connectivity index (χ0v) is 20.1. The Morgan fingerprint density at radius 1 is 1.28 bits per heavy atom. The van der Waals surface area contributed by atoms with Gasteiger partial charge in [0.05, 0.1) is 5.69 Å². The zero-order valence-electron chi connectivity index (χ0n) is 17.8. The van der Waals surface area contributed by atoms with Gasteiger partial charge >= 0.3 is 0 Å². The Hall–Kier alpha value is -0.910. The van der Waals surface area contributed by atoms with Crippen molar-refractivity contribution in [1.29, 1.82) is 0 Å². The summed E-state index contributed by atoms with van der Waals surface area (Å²) in [7, 11) is 1.86. The molecule has 1 N–H and O–H groups in total. The van der Waals surface area contributed by atoms with Crippen molar-refractivity contribution in [3.8, 4) is 0 Å². The number of nitrogens with one attached hydrogen (secondary N) is 1. The van der Waals surface area contributed by atoms with E-state index < -0.39 is 0 Å². The van der Waals surface area contributed by atoms with Crippen molar-refractivity contribution in [2.45, 2.75) is 32.7 Å². The maximum atomic E-state index is 5.84. The molecule has 2 fully saturated rings. The number of hydrogen-bond donors (Lipinski definition) is 1. The molecule has 29 heavy (non-hydrogen) atoms. The third kappa shape index (κ3) is 8.39. The molecule has 0 saturated carbocycles. The molecule has 0 aliphatic carbocycles. The first-order chi connectivity index (χ1) is 13.7. The summed E-state index contributed by atoms with van der Waals surface area (Å²) < 4.78 is 16.4. The van der Waals surface area contributed by atoms with E-state index in [1.54, 1.807) is 0 Å². The topological polar surface area (TPSA) is 75.4 Å². The van der Waals surface area contributed by atoms with Gasteiger partial charge in [0.15, 0.2) is 5.96 Å². The molecule has 0 bridgehead atoms. The number of aliphatic imine (C=N–C) groups is 1. The molecule has 9 heteroatoms. The normalized spacial score (nSPS) is 19.2. The Kier molecular flexibility index (Phi) is 11.3. The van der Waals surface area contributed by atoms with Crippen LogP contribution in [0.5, 0.6) is 0 Å². The van der Waals surface area contributed by atoms with Gasteiger partial charge in [0, 0.05) is 78.8 Å². The van der Waals surface area contributed by atoms with Crippen molar-refractivity contribution in [2.75, 3.05) is 66.2 Å². The molecule has 0 aromatic carbocycles. The number of halogens is 1. The highest BCUT2D eigenvalue weighted by molar-refractivity contribution is 14.0. The van der Waals surface area contributed by atoms with Crippen LogP contribution in [0.15, 0.2) is 15.6 Å². The summed E-state index contributed by atoms with van der Waals surface area (Å²) in [6.45, 7) is 11.0. The van der Waals surface area contributed by atoms with Crippen LogP contribution in [-0.2, 0) is 16.0 Å². The van der Waals surface area contributed by atoms with Gasteiger partial charge in [0.2, 0.25) is 0 Å². The molecule has 166 valence electrons. The molecular formula is C20H36IN5O3. The lowest BCUT2D eigenvalue weighted by Gasteiger charge is -2.36. The summed E-state index contributed by atoms with van der Waals surface area (Å²) in [5, 5.41) is 7.57. The van der Waals surface area contributed by atoms with Crippen LogP contribution >= 0.6 is 24.0 Å². The fourth-order valence-corrected chi connectivity index (χ4v) is 3.71. The summed E-state index contributed by atoms with van der Waals surface area (Å²) in [6, 6.07) is 2.01. The molecule has 1 aromatic rings. The summed E-state index contributed by atoms with van der Waals surface area (Å²) >= 11 is 0. The number of piperazine rings is 1. The highest BCUT2D eigenvalue weighted by atomic mass is 127. The molecule has 2 aliphatic rings. The van der Waals surface area contributed by atoms with E-state index >= 15 is 0 Å². The molecule has 0 atom stereocenters. The standard InChI is InChI=1S/C20H35N5O3.HI/c1-17-14-19(23-28-17)15-24-7-9-25(10-8-24)20(21-2)22-6-3-11-27-16-18-4-12-26-13-5-18;/h14,18H,3-13,15-16H2,1-2H3,(H,21,22);1H. The summed E-state index contributed by atoms with van der Waals surface area (Å²) in [4.78, 5) is 9.18. The number of aryl methyl sites for hydroxylation is 1. The van der Waals surface area contributed by atoms with Crippen LogP contribution in [0.2, 0.25) is 0 Å². The van der Waals surface area contributed by atoms with E-state index in [1.165, 1.54) is 0 Å². The molecule has 2 aliphatic heterocycles. The Bertz CT molecular complexity index is 599. The van der Waals surface area contributed by atoms with E-state index in [1.807, 2.05) is 20.0 Å². The predicted octanol–water partition coefficient (Wildman–Crippen LogP) is 2.13. The van der Waals surface area contributed by atoms with E-state index in [0.29, 0.717) is 5.92 Å². The van der Waals surface area contributed by atoms with Crippen LogP contribution in [0.1, 0.15) is 30.7 Å². The lowest BCUT2D eigenvalue weighted by atomic mass is 10.0. The van der Waals surface area contributed by atoms with Crippen molar-refractivity contribution in [2.24, 2.45) is 10.9 Å². The maximum absolute atomic E-state index is 5.84. The second-order valence-corrected chi connectivity index (χ2v) is 7.65. The monoisotopic (exact) mass is 521 g/mol. The summed E-state index contributed by atoms with van der Waals surface area (Å²) in [5.41, 5.74) is 1.01. The molecule has 1 aromatic heterocycles. The first-order valence-corrected chi connectivity index (χ1v) is 10.5. The van der Waals surface area contributed by atoms with Crippen LogP contribution in [0.3, 0.4) is 0 Å². The molecular weight excluding hydrogens is 485 g/mol. The third-order valence-electron chi connectivity index (χ3n) is 5.39. The minimum absolute atomic E-state index is 0. The SMILES string of the molecule is CN=C(NCCCOCC1CCOCC1)N1CCN(Cc2cc(C)on2)CC1.I. The Labute approximate surface area is 191 Å². The average Bonchev–Trinajstić information content (AvgIpc) is 3.14. The van der Waals surface area contributed by atoms with Gasteiger partial charge in [-0.25, -0.2) is 0 Å². The van der Waals surface area contributed by atoms with Crippen LogP contribution in [0, 0.1) is 12.8 Å². The maximum Gasteiger partial charge on any atom is 0.193 e. The summed E-state index contributed by atoms with van der Waals surface area (Å²) in [5.74, 6) is 2.53. The molecule has 2 saturated heterocycles. The zero-order chi connectivity index (χ0) is 19.6. The molecule has 3 heterocycles. The molecule has 8 nitrogen and oxygen atoms in total. The van der Waals surface area contributed by atoms with Crippen molar-refractivity contribution >= 4 is 29.9 Å². The first kappa shape index (κ1) is 24.4. The van der Waals surface area contributed by atoms with Gasteiger partial charge in [0.1, 0.15) is 5.76 Å². The van der Waals surface area contributed by atoms with Gasteiger partial charge in [0.25, 0.3) is 0 Å². The minimum atomic E-state index is 0. The number of rotatable bonds is 8. The van der Waals surface area contributed by atoms with E-state index in [9.17, 15) is 0 Å². The van der Waals surface area contributed by atoms with Crippen molar-refractivity contribution in [3.05, 3.63) is 17.5 Å². The van der Waals surface area contributed by atoms with Gasteiger partial charge in [-0.2, -0.15) is 0 Å². The molecule has 0 spiro atoms. The molecule has 0 unspecified atom stereocenters. The van der Waals surface area contributed by atoms with E-state index in [2.05, 4.69) is 25.3 Å². The van der Waals surface area contributed by atoms with Gasteiger partial charge in [-0.3, -0.25) is 9.89 Å². The molecule has 0 amide bonds. The number of nitrogens with zero attached hydrogens (tertiary/aromatic N) is 4. The fourth-order valence-electron chi connectivity index (χ4n) is 3.71. The second-order valence-electron chi connectivity index (χ2n) is 7.65. The highest BCUT2D eigenvalue weighted by Crippen LogP contribution is 2.14. The first-order valence-electron chi connectivity index (χ1n) is 10.5. The van der Waals surface area contributed by atoms with E-state index in [-0.39, 0.29) is 24.0 Å². The van der Waals surface area contributed by atoms with Crippen LogP contribution in [0.4, 0.5) is 0 Å². The van der Waals surface area contributed by atoms with Crippen LogP contribution in [-0.4, -0.2) is 87.1 Å². The van der Waals surface area contributed by atoms with Crippen molar-refractivity contribution < 1.29 is 14.0 Å². The van der Waals surface area contributed by atoms with Gasteiger partial charge in [-0.1, -0.05) is 5.16 Å². The Morgan fingerprint density at radius 2 is 2.03 bits per heavy atom. The summed E-state index contributed by atoms with van der Waals surface area (Å²) in [6.07, 6.45) is 3.26. The van der Waals surface area contributed by atoms with Crippen molar-refractivity contribution in [1.82, 2.24) is 20.3 Å². The molecule has 0 radical (unpaired) electrons. The van der Waals surface area contributed by atoms with E-state index in [4.69, 9.17) is 14.0 Å². The lowest BCUT2D eigenvalue weighted by molar-refractivity contribution is 0.0203. The number of hydrogen-bond acceptors (Lipinski definition) is 6. The lowest BCUT2D eigenvalue weighted by Crippen LogP contribution is -2.52. The Balaban J connectivity index is 0.00000300. The highest BCUT2D eigenvalue weighted by Gasteiger charge is 2.20. The average molecular weight is 521 g/mol. The predicted molar refractivity (Wildman–Crippen MR) is 124 cm³/mol. The number of ether oxygens (including phenoxy) is 2. The van der Waals surface area contributed by atoms with Crippen LogP contribution in [0.25, 0.3) is 0 Å². The quantitative estimate of drug-likeness (QED) is 0.243. The van der Waals surface area contributed by atoms with Gasteiger partial charge in [-0.05, 0) is 32.1 Å². The number of guanidine groups is 1. The molecule has 3 rings (SSSR count). The second kappa shape index (κ2) is 13.4. The fraction of sp³-hybridized carbons (Fsp3) is 0.800. The smallest absolute Gasteiger partial charge is 0.193 e. The van der Waals surface area contributed by atoms with Crippen LogP contribution < -0.4 is 5.32 Å². The largest absolute Gasteiger partial charge is 0.381 e. The minimum Gasteiger partial charge on any atom is -0.381 e. The Morgan fingerprint density at radius 3 is 2.69 bits per heavy atom. The van der Waals surface area contributed by atoms with Gasteiger partial charge < -0.3 is 24.2 Å². The van der Waals surface area contributed by atoms with Crippen molar-refractivity contribution in [3.63, 3.8) is 0 Å². The van der Waals surface area contributed by atoms with E-state index in [0.717, 1.165) is 102 Å². The third-order valence-corrected chi connectivity index (χ3v) is 5.39.